The monoisotopic (exact) mass is 276 g/mol. The highest BCUT2D eigenvalue weighted by Crippen LogP contribution is 2.22. The van der Waals surface area contributed by atoms with Crippen LogP contribution in [0.4, 0.5) is 5.69 Å². The fraction of sp³-hybridized carbons (Fsp3) is 0.267. The molecule has 0 aliphatic heterocycles. The van der Waals surface area contributed by atoms with Crippen molar-refractivity contribution in [3.05, 3.63) is 58.9 Å². The molecule has 0 aliphatic rings. The van der Waals surface area contributed by atoms with Crippen LogP contribution in [0.5, 0.6) is 0 Å². The Morgan fingerprint density at radius 1 is 1.16 bits per heavy atom. The SMILES string of the molecule is Nc1cccc(Cl)c1COCCCc1ccncc1. The molecule has 0 aliphatic carbocycles. The van der Waals surface area contributed by atoms with Crippen molar-refractivity contribution in [3.63, 3.8) is 0 Å². The van der Waals surface area contributed by atoms with Crippen LogP contribution in [0.3, 0.4) is 0 Å². The summed E-state index contributed by atoms with van der Waals surface area (Å²) in [6.45, 7) is 1.15. The Morgan fingerprint density at radius 2 is 1.95 bits per heavy atom. The summed E-state index contributed by atoms with van der Waals surface area (Å²) in [5, 5.41) is 0.661. The van der Waals surface area contributed by atoms with Gasteiger partial charge < -0.3 is 10.5 Å². The minimum atomic E-state index is 0.460. The Hall–Kier alpha value is -1.58. The Labute approximate surface area is 118 Å². The van der Waals surface area contributed by atoms with Crippen LogP contribution < -0.4 is 5.73 Å². The zero-order valence-corrected chi connectivity index (χ0v) is 11.4. The number of ether oxygens (including phenoxy) is 1. The van der Waals surface area contributed by atoms with E-state index in [2.05, 4.69) is 4.98 Å². The summed E-state index contributed by atoms with van der Waals surface area (Å²) in [6, 6.07) is 9.54. The van der Waals surface area contributed by atoms with Gasteiger partial charge in [-0.2, -0.15) is 0 Å². The third-order valence-corrected chi connectivity index (χ3v) is 3.26. The van der Waals surface area contributed by atoms with Crippen LogP contribution in [-0.2, 0) is 17.8 Å². The van der Waals surface area contributed by atoms with Gasteiger partial charge in [-0.25, -0.2) is 0 Å². The molecule has 2 aromatic rings. The first-order valence-electron chi connectivity index (χ1n) is 6.27. The number of hydrogen-bond acceptors (Lipinski definition) is 3. The van der Waals surface area contributed by atoms with Gasteiger partial charge in [-0.15, -0.1) is 0 Å². The average Bonchev–Trinajstić information content (AvgIpc) is 2.42. The lowest BCUT2D eigenvalue weighted by atomic mass is 10.1. The first kappa shape index (κ1) is 13.8. The second kappa shape index (κ2) is 7.12. The molecule has 19 heavy (non-hydrogen) atoms. The summed E-state index contributed by atoms with van der Waals surface area (Å²) in [5.41, 5.74) is 8.68. The lowest BCUT2D eigenvalue weighted by molar-refractivity contribution is 0.119. The van der Waals surface area contributed by atoms with Gasteiger partial charge in [0.1, 0.15) is 0 Å². The number of aryl methyl sites for hydroxylation is 1. The molecule has 0 amide bonds. The lowest BCUT2D eigenvalue weighted by Gasteiger charge is -2.09. The maximum absolute atomic E-state index is 6.07. The number of benzene rings is 1. The van der Waals surface area contributed by atoms with Gasteiger partial charge >= 0.3 is 0 Å². The van der Waals surface area contributed by atoms with E-state index in [1.54, 1.807) is 12.4 Å². The fourth-order valence-electron chi connectivity index (χ4n) is 1.83. The fourth-order valence-corrected chi connectivity index (χ4v) is 2.07. The second-order valence-electron chi connectivity index (χ2n) is 4.32. The summed E-state index contributed by atoms with van der Waals surface area (Å²) in [5.74, 6) is 0. The van der Waals surface area contributed by atoms with Crippen LogP contribution in [0.1, 0.15) is 17.5 Å². The van der Waals surface area contributed by atoms with E-state index in [1.807, 2.05) is 30.3 Å². The third kappa shape index (κ3) is 4.23. The van der Waals surface area contributed by atoms with E-state index in [-0.39, 0.29) is 0 Å². The van der Waals surface area contributed by atoms with E-state index in [0.29, 0.717) is 23.9 Å². The molecule has 0 spiro atoms. The standard InChI is InChI=1S/C15H17ClN2O/c16-14-4-1-5-15(17)13(14)11-19-10-2-3-12-6-8-18-9-7-12/h1,4-9H,2-3,10-11,17H2. The molecule has 0 bridgehead atoms. The van der Waals surface area contributed by atoms with Gasteiger partial charge in [0.2, 0.25) is 0 Å². The van der Waals surface area contributed by atoms with Gasteiger partial charge in [0.25, 0.3) is 0 Å². The quantitative estimate of drug-likeness (QED) is 0.649. The molecular formula is C15H17ClN2O. The van der Waals surface area contributed by atoms with E-state index in [1.165, 1.54) is 5.56 Å². The zero-order valence-electron chi connectivity index (χ0n) is 10.7. The number of nitrogens with zero attached hydrogens (tertiary/aromatic N) is 1. The largest absolute Gasteiger partial charge is 0.398 e. The summed E-state index contributed by atoms with van der Waals surface area (Å²) < 4.78 is 5.62. The summed E-state index contributed by atoms with van der Waals surface area (Å²) >= 11 is 6.07. The number of hydrogen-bond donors (Lipinski definition) is 1. The second-order valence-corrected chi connectivity index (χ2v) is 4.73. The van der Waals surface area contributed by atoms with Crippen molar-refractivity contribution in [1.82, 2.24) is 4.98 Å². The maximum atomic E-state index is 6.07. The van der Waals surface area contributed by atoms with Crippen molar-refractivity contribution < 1.29 is 4.74 Å². The molecule has 1 aromatic heterocycles. The minimum Gasteiger partial charge on any atom is -0.398 e. The Bertz CT molecular complexity index is 497. The minimum absolute atomic E-state index is 0.460. The predicted octanol–water partition coefficient (Wildman–Crippen LogP) is 3.47. The Balaban J connectivity index is 1.73. The first-order chi connectivity index (χ1) is 9.27. The molecule has 0 fully saturated rings. The molecular weight excluding hydrogens is 260 g/mol. The normalized spacial score (nSPS) is 10.6. The van der Waals surface area contributed by atoms with Crippen molar-refractivity contribution in [2.75, 3.05) is 12.3 Å². The van der Waals surface area contributed by atoms with Crippen LogP contribution in [0.2, 0.25) is 5.02 Å². The third-order valence-electron chi connectivity index (χ3n) is 2.90. The van der Waals surface area contributed by atoms with E-state index in [4.69, 9.17) is 22.1 Å². The number of nitrogens with two attached hydrogens (primary N) is 1. The van der Waals surface area contributed by atoms with Gasteiger partial charge in [0.15, 0.2) is 0 Å². The number of nitrogen functional groups attached to an aromatic ring is 1. The van der Waals surface area contributed by atoms with Gasteiger partial charge in [-0.05, 0) is 42.7 Å². The van der Waals surface area contributed by atoms with Crippen molar-refractivity contribution in [2.45, 2.75) is 19.4 Å². The molecule has 1 heterocycles. The zero-order chi connectivity index (χ0) is 13.5. The maximum Gasteiger partial charge on any atom is 0.0751 e. The summed E-state index contributed by atoms with van der Waals surface area (Å²) in [7, 11) is 0. The van der Waals surface area contributed by atoms with Crippen LogP contribution in [0.25, 0.3) is 0 Å². The smallest absolute Gasteiger partial charge is 0.0751 e. The first-order valence-corrected chi connectivity index (χ1v) is 6.64. The van der Waals surface area contributed by atoms with Crippen LogP contribution in [0.15, 0.2) is 42.7 Å². The highest BCUT2D eigenvalue weighted by molar-refractivity contribution is 6.31. The lowest BCUT2D eigenvalue weighted by Crippen LogP contribution is -2.01. The average molecular weight is 277 g/mol. The number of rotatable bonds is 6. The molecule has 3 nitrogen and oxygen atoms in total. The molecule has 1 aromatic carbocycles. The van der Waals surface area contributed by atoms with Gasteiger partial charge in [-0.3, -0.25) is 4.98 Å². The predicted molar refractivity (Wildman–Crippen MR) is 78.1 cm³/mol. The molecule has 0 saturated carbocycles. The van der Waals surface area contributed by atoms with Gasteiger partial charge in [-0.1, -0.05) is 17.7 Å². The number of halogens is 1. The van der Waals surface area contributed by atoms with E-state index in [0.717, 1.165) is 18.4 Å². The number of pyridine rings is 1. The molecule has 4 heteroatoms. The van der Waals surface area contributed by atoms with Crippen molar-refractivity contribution >= 4 is 17.3 Å². The van der Waals surface area contributed by atoms with Crippen molar-refractivity contribution in [1.29, 1.82) is 0 Å². The highest BCUT2D eigenvalue weighted by Gasteiger charge is 2.04. The number of anilines is 1. The van der Waals surface area contributed by atoms with E-state index in [9.17, 15) is 0 Å². The van der Waals surface area contributed by atoms with Crippen LogP contribution in [-0.4, -0.2) is 11.6 Å². The van der Waals surface area contributed by atoms with E-state index < -0.39 is 0 Å². The Kier molecular flexibility index (Phi) is 5.19. The summed E-state index contributed by atoms with van der Waals surface area (Å²) in [4.78, 5) is 3.99. The molecule has 0 atom stereocenters. The van der Waals surface area contributed by atoms with Crippen molar-refractivity contribution in [3.8, 4) is 0 Å². The molecule has 0 saturated heterocycles. The molecule has 100 valence electrons. The molecule has 0 unspecified atom stereocenters. The Morgan fingerprint density at radius 3 is 2.68 bits per heavy atom. The van der Waals surface area contributed by atoms with Crippen LogP contribution >= 0.6 is 11.6 Å². The molecule has 2 N–H and O–H groups in total. The summed E-state index contributed by atoms with van der Waals surface area (Å²) in [6.07, 6.45) is 5.57. The van der Waals surface area contributed by atoms with Crippen LogP contribution in [0, 0.1) is 0 Å². The highest BCUT2D eigenvalue weighted by atomic mass is 35.5. The van der Waals surface area contributed by atoms with Gasteiger partial charge in [0, 0.05) is 35.3 Å². The molecule has 0 radical (unpaired) electrons. The molecule has 2 rings (SSSR count). The number of aromatic nitrogens is 1. The van der Waals surface area contributed by atoms with Gasteiger partial charge in [0.05, 0.1) is 6.61 Å². The van der Waals surface area contributed by atoms with E-state index >= 15 is 0 Å². The van der Waals surface area contributed by atoms with Crippen molar-refractivity contribution in [2.24, 2.45) is 0 Å². The topological polar surface area (TPSA) is 48.1 Å².